The second kappa shape index (κ2) is 5.70. The highest BCUT2D eigenvalue weighted by Crippen LogP contribution is 2.30. The monoisotopic (exact) mass is 254 g/mol. The van der Waals surface area contributed by atoms with Crippen molar-refractivity contribution in [3.63, 3.8) is 0 Å². The molecule has 0 bridgehead atoms. The molecule has 2 unspecified atom stereocenters. The number of benzene rings is 1. The van der Waals surface area contributed by atoms with E-state index in [9.17, 15) is 0 Å². The molecule has 1 aromatic heterocycles. The maximum Gasteiger partial charge on any atom is 0.0705 e. The zero-order valence-electron chi connectivity index (χ0n) is 11.6. The SMILES string of the molecule is CC1CCCC1CNCc1ccc2ccccc2n1. The minimum absolute atomic E-state index is 0.862. The Morgan fingerprint density at radius 1 is 1.16 bits per heavy atom. The second-order valence-electron chi connectivity index (χ2n) is 5.79. The van der Waals surface area contributed by atoms with Gasteiger partial charge in [-0.1, -0.05) is 44.0 Å². The lowest BCUT2D eigenvalue weighted by Crippen LogP contribution is -2.24. The Morgan fingerprint density at radius 3 is 2.89 bits per heavy atom. The second-order valence-corrected chi connectivity index (χ2v) is 5.79. The molecule has 2 atom stereocenters. The van der Waals surface area contributed by atoms with Crippen molar-refractivity contribution < 1.29 is 0 Å². The predicted molar refractivity (Wildman–Crippen MR) is 80.0 cm³/mol. The molecule has 1 aliphatic rings. The van der Waals surface area contributed by atoms with Crippen molar-refractivity contribution >= 4 is 10.9 Å². The Labute approximate surface area is 115 Å². The van der Waals surface area contributed by atoms with Gasteiger partial charge in [-0.3, -0.25) is 4.98 Å². The average molecular weight is 254 g/mol. The number of nitrogens with zero attached hydrogens (tertiary/aromatic N) is 1. The largest absolute Gasteiger partial charge is 0.311 e. The van der Waals surface area contributed by atoms with Gasteiger partial charge in [0, 0.05) is 11.9 Å². The third-order valence-corrected chi connectivity index (χ3v) is 4.41. The van der Waals surface area contributed by atoms with E-state index >= 15 is 0 Å². The smallest absolute Gasteiger partial charge is 0.0705 e. The summed E-state index contributed by atoms with van der Waals surface area (Å²) in [7, 11) is 0. The van der Waals surface area contributed by atoms with Gasteiger partial charge < -0.3 is 5.32 Å². The summed E-state index contributed by atoms with van der Waals surface area (Å²) in [6.45, 7) is 4.40. The van der Waals surface area contributed by atoms with Crippen molar-refractivity contribution in [2.45, 2.75) is 32.7 Å². The standard InChI is InChI=1S/C17H22N2/c1-13-5-4-7-15(13)11-18-12-16-10-9-14-6-2-3-8-17(14)19-16/h2-3,6,8-10,13,15,18H,4-5,7,11-12H2,1H3. The molecule has 0 saturated heterocycles. The molecule has 1 N–H and O–H groups in total. The minimum atomic E-state index is 0.862. The van der Waals surface area contributed by atoms with Crippen molar-refractivity contribution in [1.82, 2.24) is 10.3 Å². The maximum atomic E-state index is 4.70. The summed E-state index contributed by atoms with van der Waals surface area (Å²) in [5.74, 6) is 1.75. The van der Waals surface area contributed by atoms with Gasteiger partial charge in [0.2, 0.25) is 0 Å². The van der Waals surface area contributed by atoms with Crippen LogP contribution in [-0.4, -0.2) is 11.5 Å². The Kier molecular flexibility index (Phi) is 3.79. The molecule has 2 nitrogen and oxygen atoms in total. The van der Waals surface area contributed by atoms with E-state index in [1.807, 2.05) is 6.07 Å². The quantitative estimate of drug-likeness (QED) is 0.898. The molecule has 1 aliphatic carbocycles. The molecular weight excluding hydrogens is 232 g/mol. The molecule has 3 rings (SSSR count). The maximum absolute atomic E-state index is 4.70. The molecule has 0 radical (unpaired) electrons. The van der Waals surface area contributed by atoms with Crippen molar-refractivity contribution in [1.29, 1.82) is 0 Å². The third-order valence-electron chi connectivity index (χ3n) is 4.41. The van der Waals surface area contributed by atoms with Gasteiger partial charge in [-0.05, 0) is 36.9 Å². The molecule has 19 heavy (non-hydrogen) atoms. The van der Waals surface area contributed by atoms with Crippen LogP contribution in [0.15, 0.2) is 36.4 Å². The van der Waals surface area contributed by atoms with E-state index in [1.165, 1.54) is 24.6 Å². The first kappa shape index (κ1) is 12.6. The number of rotatable bonds is 4. The number of aromatic nitrogens is 1. The molecule has 2 heteroatoms. The van der Waals surface area contributed by atoms with E-state index in [-0.39, 0.29) is 0 Å². The number of nitrogens with one attached hydrogen (secondary N) is 1. The average Bonchev–Trinajstić information content (AvgIpc) is 2.84. The van der Waals surface area contributed by atoms with Crippen molar-refractivity contribution in [3.8, 4) is 0 Å². The zero-order chi connectivity index (χ0) is 13.1. The molecule has 1 saturated carbocycles. The molecule has 1 aromatic carbocycles. The molecule has 0 amide bonds. The molecule has 0 aliphatic heterocycles. The summed E-state index contributed by atoms with van der Waals surface area (Å²) in [6.07, 6.45) is 4.20. The summed E-state index contributed by atoms with van der Waals surface area (Å²) >= 11 is 0. The molecular formula is C17H22N2. The van der Waals surface area contributed by atoms with Gasteiger partial charge in [-0.2, -0.15) is 0 Å². The van der Waals surface area contributed by atoms with Crippen molar-refractivity contribution in [3.05, 3.63) is 42.1 Å². The Bertz CT molecular complexity index is 550. The lowest BCUT2D eigenvalue weighted by atomic mass is 9.98. The Morgan fingerprint density at radius 2 is 2.05 bits per heavy atom. The van der Waals surface area contributed by atoms with Crippen LogP contribution in [0, 0.1) is 11.8 Å². The number of fused-ring (bicyclic) bond motifs is 1. The number of pyridine rings is 1. The van der Waals surface area contributed by atoms with E-state index in [4.69, 9.17) is 4.98 Å². The first-order chi connectivity index (χ1) is 9.33. The van der Waals surface area contributed by atoms with Crippen LogP contribution >= 0.6 is 0 Å². The fourth-order valence-corrected chi connectivity index (χ4v) is 3.12. The van der Waals surface area contributed by atoms with Gasteiger partial charge in [0.25, 0.3) is 0 Å². The lowest BCUT2D eigenvalue weighted by Gasteiger charge is -2.15. The third kappa shape index (κ3) is 2.95. The first-order valence-corrected chi connectivity index (χ1v) is 7.38. The summed E-state index contributed by atoms with van der Waals surface area (Å²) in [5, 5.41) is 4.79. The van der Waals surface area contributed by atoms with Gasteiger partial charge >= 0.3 is 0 Å². The Hall–Kier alpha value is -1.41. The number of hydrogen-bond donors (Lipinski definition) is 1. The van der Waals surface area contributed by atoms with Gasteiger partial charge in [-0.25, -0.2) is 0 Å². The van der Waals surface area contributed by atoms with E-state index in [1.54, 1.807) is 0 Å². The van der Waals surface area contributed by atoms with Crippen LogP contribution in [0.3, 0.4) is 0 Å². The van der Waals surface area contributed by atoms with E-state index in [0.717, 1.165) is 36.1 Å². The van der Waals surface area contributed by atoms with Crippen LogP contribution < -0.4 is 5.32 Å². The fourth-order valence-electron chi connectivity index (χ4n) is 3.12. The molecule has 1 fully saturated rings. The van der Waals surface area contributed by atoms with Crippen molar-refractivity contribution in [2.75, 3.05) is 6.54 Å². The highest BCUT2D eigenvalue weighted by molar-refractivity contribution is 5.78. The zero-order valence-corrected chi connectivity index (χ0v) is 11.6. The van der Waals surface area contributed by atoms with Crippen LogP contribution in [0.4, 0.5) is 0 Å². The van der Waals surface area contributed by atoms with Gasteiger partial charge in [0.15, 0.2) is 0 Å². The van der Waals surface area contributed by atoms with E-state index < -0.39 is 0 Å². The minimum Gasteiger partial charge on any atom is -0.311 e. The van der Waals surface area contributed by atoms with Crippen LogP contribution in [0.25, 0.3) is 10.9 Å². The summed E-state index contributed by atoms with van der Waals surface area (Å²) in [5.41, 5.74) is 2.24. The number of para-hydroxylation sites is 1. The molecule has 2 aromatic rings. The lowest BCUT2D eigenvalue weighted by molar-refractivity contribution is 0.391. The summed E-state index contributed by atoms with van der Waals surface area (Å²) in [4.78, 5) is 4.70. The Balaban J connectivity index is 1.59. The van der Waals surface area contributed by atoms with Crippen LogP contribution in [0.5, 0.6) is 0 Å². The van der Waals surface area contributed by atoms with Crippen LogP contribution in [0.1, 0.15) is 31.9 Å². The summed E-state index contributed by atoms with van der Waals surface area (Å²) < 4.78 is 0. The highest BCUT2D eigenvalue weighted by atomic mass is 14.9. The van der Waals surface area contributed by atoms with Crippen LogP contribution in [0.2, 0.25) is 0 Å². The molecule has 100 valence electrons. The van der Waals surface area contributed by atoms with Gasteiger partial charge in [0.1, 0.15) is 0 Å². The molecule has 1 heterocycles. The fraction of sp³-hybridized carbons (Fsp3) is 0.471. The van der Waals surface area contributed by atoms with Gasteiger partial charge in [-0.15, -0.1) is 0 Å². The summed E-state index contributed by atoms with van der Waals surface area (Å²) in [6, 6.07) is 12.6. The topological polar surface area (TPSA) is 24.9 Å². The van der Waals surface area contributed by atoms with Crippen LogP contribution in [-0.2, 0) is 6.54 Å². The van der Waals surface area contributed by atoms with E-state index in [0.29, 0.717) is 0 Å². The van der Waals surface area contributed by atoms with Crippen molar-refractivity contribution in [2.24, 2.45) is 11.8 Å². The highest BCUT2D eigenvalue weighted by Gasteiger charge is 2.22. The van der Waals surface area contributed by atoms with Gasteiger partial charge in [0.05, 0.1) is 11.2 Å². The predicted octanol–water partition coefficient (Wildman–Crippen LogP) is 3.76. The normalized spacial score (nSPS) is 23.0. The first-order valence-electron chi connectivity index (χ1n) is 7.38. The number of hydrogen-bond acceptors (Lipinski definition) is 2. The van der Waals surface area contributed by atoms with E-state index in [2.05, 4.69) is 42.6 Å². The molecule has 0 spiro atoms.